The Kier molecular flexibility index (Phi) is 5.19. The quantitative estimate of drug-likeness (QED) is 0.628. The van der Waals surface area contributed by atoms with E-state index in [0.717, 1.165) is 43.3 Å². The highest BCUT2D eigenvalue weighted by atomic mass is 35.5. The lowest BCUT2D eigenvalue weighted by Crippen LogP contribution is -2.43. The molecule has 4 rings (SSSR count). The van der Waals surface area contributed by atoms with Gasteiger partial charge in [-0.25, -0.2) is 0 Å². The van der Waals surface area contributed by atoms with Crippen molar-refractivity contribution in [3.63, 3.8) is 0 Å². The summed E-state index contributed by atoms with van der Waals surface area (Å²) >= 11 is 6.19. The smallest absolute Gasteiger partial charge is 0.0557 e. The van der Waals surface area contributed by atoms with Gasteiger partial charge in [0.25, 0.3) is 0 Å². The van der Waals surface area contributed by atoms with Gasteiger partial charge in [0.05, 0.1) is 6.21 Å². The SMILES string of the molecule is Clc1ccccc1/C=N/N1CCN(Cc2cccc3ccccc23)CC1. The molecule has 1 aliphatic rings. The van der Waals surface area contributed by atoms with Crippen LogP contribution in [0.4, 0.5) is 0 Å². The molecule has 0 amide bonds. The molecule has 1 saturated heterocycles. The maximum absolute atomic E-state index is 6.19. The molecular formula is C22H22ClN3. The highest BCUT2D eigenvalue weighted by Gasteiger charge is 2.16. The fourth-order valence-electron chi connectivity index (χ4n) is 3.41. The van der Waals surface area contributed by atoms with Crippen LogP contribution >= 0.6 is 11.6 Å². The minimum absolute atomic E-state index is 0.742. The second-order valence-electron chi connectivity index (χ2n) is 6.63. The molecule has 0 radical (unpaired) electrons. The van der Waals surface area contributed by atoms with Crippen LogP contribution < -0.4 is 0 Å². The van der Waals surface area contributed by atoms with Gasteiger partial charge in [-0.15, -0.1) is 0 Å². The van der Waals surface area contributed by atoms with Gasteiger partial charge in [0.2, 0.25) is 0 Å². The highest BCUT2D eigenvalue weighted by molar-refractivity contribution is 6.33. The monoisotopic (exact) mass is 363 g/mol. The van der Waals surface area contributed by atoms with Crippen LogP contribution in [0.2, 0.25) is 5.02 Å². The van der Waals surface area contributed by atoms with E-state index in [0.29, 0.717) is 0 Å². The maximum atomic E-state index is 6.19. The average molecular weight is 364 g/mol. The fraction of sp³-hybridized carbons (Fsp3) is 0.227. The maximum Gasteiger partial charge on any atom is 0.0557 e. The fourth-order valence-corrected chi connectivity index (χ4v) is 3.59. The lowest BCUT2D eigenvalue weighted by atomic mass is 10.0. The van der Waals surface area contributed by atoms with E-state index in [2.05, 4.69) is 57.5 Å². The summed E-state index contributed by atoms with van der Waals surface area (Å²) in [5, 5.41) is 10.1. The van der Waals surface area contributed by atoms with Crippen molar-refractivity contribution in [2.75, 3.05) is 26.2 Å². The summed E-state index contributed by atoms with van der Waals surface area (Å²) in [4.78, 5) is 2.50. The normalized spacial score (nSPS) is 15.8. The first-order chi connectivity index (χ1) is 12.8. The standard InChI is InChI=1S/C22H22ClN3/c23-22-11-4-2-7-19(22)16-24-26-14-12-25(13-15-26)17-20-9-5-8-18-6-1-3-10-21(18)20/h1-11,16H,12-15,17H2/b24-16+. The summed E-state index contributed by atoms with van der Waals surface area (Å²) in [5.74, 6) is 0. The summed E-state index contributed by atoms with van der Waals surface area (Å²) < 4.78 is 0. The van der Waals surface area contributed by atoms with Gasteiger partial charge in [-0.3, -0.25) is 9.91 Å². The molecule has 3 aromatic rings. The molecule has 1 aliphatic heterocycles. The van der Waals surface area contributed by atoms with Crippen LogP contribution in [0.3, 0.4) is 0 Å². The Balaban J connectivity index is 1.37. The van der Waals surface area contributed by atoms with Crippen molar-refractivity contribution in [3.05, 3.63) is 82.9 Å². The molecule has 0 aliphatic carbocycles. The third-order valence-corrected chi connectivity index (χ3v) is 5.23. The van der Waals surface area contributed by atoms with Gasteiger partial charge in [0.15, 0.2) is 0 Å². The number of hydrazone groups is 1. The first kappa shape index (κ1) is 17.1. The van der Waals surface area contributed by atoms with Gasteiger partial charge in [0.1, 0.15) is 0 Å². The minimum Gasteiger partial charge on any atom is -0.295 e. The number of piperazine rings is 1. The van der Waals surface area contributed by atoms with Crippen molar-refractivity contribution in [1.29, 1.82) is 0 Å². The number of hydrogen-bond donors (Lipinski definition) is 0. The molecule has 132 valence electrons. The van der Waals surface area contributed by atoms with Crippen LogP contribution in [0.5, 0.6) is 0 Å². The third-order valence-electron chi connectivity index (χ3n) is 4.89. The number of halogens is 1. The van der Waals surface area contributed by atoms with E-state index in [-0.39, 0.29) is 0 Å². The Morgan fingerprint density at radius 2 is 1.58 bits per heavy atom. The molecule has 26 heavy (non-hydrogen) atoms. The Bertz CT molecular complexity index is 909. The molecule has 0 aromatic heterocycles. The van der Waals surface area contributed by atoms with Crippen LogP contribution in [0.1, 0.15) is 11.1 Å². The van der Waals surface area contributed by atoms with Gasteiger partial charge < -0.3 is 0 Å². The zero-order valence-electron chi connectivity index (χ0n) is 14.7. The van der Waals surface area contributed by atoms with Crippen LogP contribution in [0.25, 0.3) is 10.8 Å². The Morgan fingerprint density at radius 1 is 0.846 bits per heavy atom. The van der Waals surface area contributed by atoms with Crippen LogP contribution in [-0.4, -0.2) is 42.3 Å². The minimum atomic E-state index is 0.742. The third kappa shape index (κ3) is 3.90. The summed E-state index contributed by atoms with van der Waals surface area (Å²) in [6.45, 7) is 4.90. The second kappa shape index (κ2) is 7.90. The molecule has 3 aromatic carbocycles. The van der Waals surface area contributed by atoms with Gasteiger partial charge in [-0.1, -0.05) is 72.3 Å². The highest BCUT2D eigenvalue weighted by Crippen LogP contribution is 2.20. The van der Waals surface area contributed by atoms with Crippen LogP contribution in [0, 0.1) is 0 Å². The molecule has 0 saturated carbocycles. The summed E-state index contributed by atoms with van der Waals surface area (Å²) in [6.07, 6.45) is 1.86. The number of hydrogen-bond acceptors (Lipinski definition) is 3. The van der Waals surface area contributed by atoms with Gasteiger partial charge in [0, 0.05) is 43.3 Å². The average Bonchev–Trinajstić information content (AvgIpc) is 2.69. The number of nitrogens with zero attached hydrogens (tertiary/aromatic N) is 3. The van der Waals surface area contributed by atoms with E-state index in [9.17, 15) is 0 Å². The summed E-state index contributed by atoms with van der Waals surface area (Å²) in [5.41, 5.74) is 2.36. The Hall–Kier alpha value is -2.36. The molecule has 1 fully saturated rings. The first-order valence-electron chi connectivity index (χ1n) is 9.02. The zero-order chi connectivity index (χ0) is 17.8. The van der Waals surface area contributed by atoms with Crippen molar-refractivity contribution in [3.8, 4) is 0 Å². The molecule has 0 N–H and O–H groups in total. The molecule has 0 bridgehead atoms. The van der Waals surface area contributed by atoms with Crippen LogP contribution in [-0.2, 0) is 6.54 Å². The van der Waals surface area contributed by atoms with Gasteiger partial charge in [-0.2, -0.15) is 5.10 Å². The molecular weight excluding hydrogens is 342 g/mol. The van der Waals surface area contributed by atoms with E-state index >= 15 is 0 Å². The summed E-state index contributed by atoms with van der Waals surface area (Å²) in [7, 11) is 0. The molecule has 4 heteroatoms. The predicted molar refractivity (Wildman–Crippen MR) is 110 cm³/mol. The lowest BCUT2D eigenvalue weighted by Gasteiger charge is -2.33. The second-order valence-corrected chi connectivity index (χ2v) is 7.04. The van der Waals surface area contributed by atoms with Crippen molar-refractivity contribution < 1.29 is 0 Å². The van der Waals surface area contributed by atoms with Crippen molar-refractivity contribution >= 4 is 28.6 Å². The molecule has 0 atom stereocenters. The topological polar surface area (TPSA) is 18.8 Å². The van der Waals surface area contributed by atoms with Gasteiger partial charge >= 0.3 is 0 Å². The van der Waals surface area contributed by atoms with Crippen molar-refractivity contribution in [1.82, 2.24) is 9.91 Å². The van der Waals surface area contributed by atoms with E-state index in [1.165, 1.54) is 16.3 Å². The number of benzene rings is 3. The molecule has 0 spiro atoms. The summed E-state index contributed by atoms with van der Waals surface area (Å²) in [6, 6.07) is 23.0. The van der Waals surface area contributed by atoms with Gasteiger partial charge in [-0.05, 0) is 22.4 Å². The molecule has 1 heterocycles. The van der Waals surface area contributed by atoms with E-state index in [1.54, 1.807) is 0 Å². The predicted octanol–water partition coefficient (Wildman–Crippen LogP) is 4.64. The van der Waals surface area contributed by atoms with E-state index in [1.807, 2.05) is 30.5 Å². The Labute approximate surface area is 159 Å². The Morgan fingerprint density at radius 3 is 2.42 bits per heavy atom. The van der Waals surface area contributed by atoms with Crippen molar-refractivity contribution in [2.24, 2.45) is 5.10 Å². The number of rotatable bonds is 4. The number of fused-ring (bicyclic) bond motifs is 1. The largest absolute Gasteiger partial charge is 0.295 e. The lowest BCUT2D eigenvalue weighted by molar-refractivity contribution is 0.131. The molecule has 0 unspecified atom stereocenters. The zero-order valence-corrected chi connectivity index (χ0v) is 15.4. The first-order valence-corrected chi connectivity index (χ1v) is 9.40. The van der Waals surface area contributed by atoms with Crippen LogP contribution in [0.15, 0.2) is 71.8 Å². The van der Waals surface area contributed by atoms with Crippen molar-refractivity contribution in [2.45, 2.75) is 6.54 Å². The van der Waals surface area contributed by atoms with E-state index in [4.69, 9.17) is 11.6 Å². The molecule has 3 nitrogen and oxygen atoms in total. The van der Waals surface area contributed by atoms with E-state index < -0.39 is 0 Å².